The van der Waals surface area contributed by atoms with Gasteiger partial charge < -0.3 is 63.9 Å². The maximum absolute atomic E-state index is 14.2. The zero-order chi connectivity index (χ0) is 63.4. The topological polar surface area (TPSA) is 240 Å². The van der Waals surface area contributed by atoms with Crippen molar-refractivity contribution < 1.29 is 36.7 Å². The van der Waals surface area contributed by atoms with Gasteiger partial charge in [0.1, 0.15) is 11.5 Å². The molecule has 0 aliphatic carbocycles. The molecule has 0 aliphatic rings. The molecule has 0 unspecified atom stereocenters. The number of aromatic nitrogens is 10. The van der Waals surface area contributed by atoms with Crippen LogP contribution in [0.4, 0.5) is 59.2 Å². The van der Waals surface area contributed by atoms with Gasteiger partial charge in [-0.25, -0.2) is 33.1 Å². The summed E-state index contributed by atoms with van der Waals surface area (Å²) in [6, 6.07) is 20.6. The van der Waals surface area contributed by atoms with Gasteiger partial charge in [0.05, 0.1) is 77.3 Å². The molecule has 6 aromatic heterocycles. The Balaban J connectivity index is 1.01. The summed E-state index contributed by atoms with van der Waals surface area (Å²) >= 11 is 0.736. The Labute approximate surface area is 514 Å². The summed E-state index contributed by atoms with van der Waals surface area (Å²) < 4.78 is 64.5. The number of para-hydroxylation sites is 1. The average molecular weight is 1230 g/mol. The van der Waals surface area contributed by atoms with E-state index in [4.69, 9.17) is 28.8 Å². The number of aryl methyl sites for hydroxylation is 2. The number of amides is 2. The predicted molar refractivity (Wildman–Crippen MR) is 342 cm³/mol. The fourth-order valence-corrected chi connectivity index (χ4v) is 10.7. The molecule has 0 saturated carbocycles. The lowest BCUT2D eigenvalue weighted by Gasteiger charge is -2.26. The summed E-state index contributed by atoms with van der Waals surface area (Å²) in [5.41, 5.74) is 8.28. The van der Waals surface area contributed by atoms with Crippen molar-refractivity contribution >= 4 is 91.0 Å². The van der Waals surface area contributed by atoms with Crippen molar-refractivity contribution in [1.29, 1.82) is 0 Å². The van der Waals surface area contributed by atoms with Crippen molar-refractivity contribution in [1.82, 2.24) is 59.3 Å². The summed E-state index contributed by atoms with van der Waals surface area (Å²) in [4.78, 5) is 53.0. The molecule has 23 nitrogen and oxygen atoms in total. The van der Waals surface area contributed by atoms with Crippen molar-refractivity contribution in [2.45, 2.75) is 12.8 Å². The molecule has 0 saturated heterocycles. The number of halogens is 3. The number of nitrogens with one attached hydrogen (secondary N) is 4. The van der Waals surface area contributed by atoms with Crippen LogP contribution < -0.4 is 40.5 Å². The van der Waals surface area contributed by atoms with Crippen LogP contribution in [-0.2, 0) is 30.1 Å². The van der Waals surface area contributed by atoms with Crippen LogP contribution in [0.5, 0.6) is 11.5 Å². The van der Waals surface area contributed by atoms with Crippen LogP contribution in [0.3, 0.4) is 0 Å². The number of rotatable bonds is 25. The first kappa shape index (κ1) is 61.8. The molecular weight excluding hydrogens is 1170 g/mol. The largest absolute Gasteiger partial charge is 0.494 e. The van der Waals surface area contributed by atoms with Gasteiger partial charge in [0, 0.05) is 124 Å². The lowest BCUT2D eigenvalue weighted by molar-refractivity contribution is -0.114. The Morgan fingerprint density at radius 1 is 0.685 bits per heavy atom. The van der Waals surface area contributed by atoms with E-state index in [1.165, 1.54) is 26.5 Å². The van der Waals surface area contributed by atoms with Crippen LogP contribution in [0, 0.1) is 0 Å². The molecule has 27 heteroatoms. The quantitative estimate of drug-likeness (QED) is 0.0389. The number of benzene rings is 4. The van der Waals surface area contributed by atoms with E-state index < -0.39 is 29.1 Å². The molecule has 4 N–H and O–H groups in total. The third kappa shape index (κ3) is 13.5. The summed E-state index contributed by atoms with van der Waals surface area (Å²) in [6.45, 7) is 9.45. The Morgan fingerprint density at radius 2 is 1.25 bits per heavy atom. The molecular formula is C62H65F3N18O5S. The van der Waals surface area contributed by atoms with E-state index in [1.54, 1.807) is 30.5 Å². The molecule has 0 spiro atoms. The third-order valence-corrected chi connectivity index (χ3v) is 15.6. The van der Waals surface area contributed by atoms with Gasteiger partial charge in [-0.05, 0) is 70.2 Å². The van der Waals surface area contributed by atoms with Crippen LogP contribution in [0.15, 0.2) is 121 Å². The van der Waals surface area contributed by atoms with E-state index in [1.807, 2.05) is 140 Å². The lowest BCUT2D eigenvalue weighted by atomic mass is 10.0. The molecule has 0 aliphatic heterocycles. The molecule has 0 atom stereocenters. The molecule has 10 rings (SSSR count). The highest BCUT2D eigenvalue weighted by atomic mass is 32.1. The van der Waals surface area contributed by atoms with E-state index in [9.17, 15) is 22.8 Å². The molecule has 10 aromatic rings. The number of hydrogen-bond donors (Lipinski definition) is 4. The smallest absolute Gasteiger partial charge is 0.291 e. The molecule has 0 bridgehead atoms. The van der Waals surface area contributed by atoms with E-state index >= 15 is 0 Å². The van der Waals surface area contributed by atoms with Crippen molar-refractivity contribution in [3.63, 3.8) is 0 Å². The van der Waals surface area contributed by atoms with E-state index in [0.717, 1.165) is 50.8 Å². The van der Waals surface area contributed by atoms with Crippen molar-refractivity contribution in [3.8, 4) is 56.0 Å². The molecule has 4 aromatic carbocycles. The number of ether oxygens (including phenoxy) is 2. The lowest BCUT2D eigenvalue weighted by Crippen LogP contribution is -2.29. The zero-order valence-corrected chi connectivity index (χ0v) is 51.4. The highest BCUT2D eigenvalue weighted by Gasteiger charge is 2.26. The van der Waals surface area contributed by atoms with E-state index in [-0.39, 0.29) is 40.8 Å². The molecule has 89 heavy (non-hydrogen) atoms. The highest BCUT2D eigenvalue weighted by Crippen LogP contribution is 2.44. The number of methoxy groups -OCH3 is 2. The first-order valence-electron chi connectivity index (χ1n) is 27.8. The van der Waals surface area contributed by atoms with Gasteiger partial charge in [-0.3, -0.25) is 9.59 Å². The van der Waals surface area contributed by atoms with Crippen LogP contribution >= 0.6 is 11.3 Å². The van der Waals surface area contributed by atoms with E-state index in [0.29, 0.717) is 87.6 Å². The average Bonchev–Trinajstić information content (AvgIpc) is 1.70. The summed E-state index contributed by atoms with van der Waals surface area (Å²) in [5, 5.41) is 30.4. The van der Waals surface area contributed by atoms with Crippen molar-refractivity contribution in [2.24, 2.45) is 14.1 Å². The van der Waals surface area contributed by atoms with E-state index in [2.05, 4.69) is 59.8 Å². The number of carbonyl (C=O) groups excluding carboxylic acids is 2. The SMILES string of the molecule is C=CC(=O)Nc1cc(Nc2ncc(-c3nnc(C(F)F)s3)c(-c3cn(C)c4ccc(Cc5nnc(-c6cnc(Nc7cc(NC(=O)C(=C)F)c(N(C)CCN(C)C)cc7OC)nc6-c6cn(C)c7ccccc67)o5)cc34)n2)c(OC)cc1N(C)CCN(C)C. The summed E-state index contributed by atoms with van der Waals surface area (Å²) in [5.74, 6) is -1.10. The van der Waals surface area contributed by atoms with Crippen LogP contribution in [0.1, 0.15) is 22.9 Å². The first-order valence-corrected chi connectivity index (χ1v) is 28.6. The third-order valence-electron chi connectivity index (χ3n) is 14.6. The predicted octanol–water partition coefficient (Wildman–Crippen LogP) is 10.7. The monoisotopic (exact) mass is 1230 g/mol. The van der Waals surface area contributed by atoms with Crippen molar-refractivity contribution in [2.75, 3.05) is 114 Å². The second-order valence-electron chi connectivity index (χ2n) is 21.4. The second-order valence-corrected chi connectivity index (χ2v) is 22.4. The van der Waals surface area contributed by atoms with Crippen LogP contribution in [0.25, 0.3) is 66.3 Å². The maximum atomic E-state index is 14.2. The molecule has 6 heterocycles. The number of likely N-dealkylation sites (N-methyl/N-ethyl adjacent to an activating group) is 4. The van der Waals surface area contributed by atoms with Gasteiger partial charge in [0.15, 0.2) is 15.8 Å². The Hall–Kier alpha value is -10.3. The number of nitrogens with zero attached hydrogens (tertiary/aromatic N) is 14. The van der Waals surface area contributed by atoms with Gasteiger partial charge in [0.2, 0.25) is 23.7 Å². The van der Waals surface area contributed by atoms with Gasteiger partial charge in [-0.1, -0.05) is 48.8 Å². The first-order chi connectivity index (χ1) is 42.7. The minimum Gasteiger partial charge on any atom is -0.494 e. The summed E-state index contributed by atoms with van der Waals surface area (Å²) in [7, 11) is 18.5. The Bertz CT molecular complexity index is 4310. The second kappa shape index (κ2) is 26.4. The molecule has 0 radical (unpaired) electrons. The zero-order valence-electron chi connectivity index (χ0n) is 50.6. The maximum Gasteiger partial charge on any atom is 0.291 e. The number of anilines is 8. The van der Waals surface area contributed by atoms with Gasteiger partial charge in [-0.15, -0.1) is 20.4 Å². The summed E-state index contributed by atoms with van der Waals surface area (Å²) in [6.07, 6.45) is 5.43. The highest BCUT2D eigenvalue weighted by molar-refractivity contribution is 7.14. The van der Waals surface area contributed by atoms with Gasteiger partial charge in [-0.2, -0.15) is 0 Å². The number of alkyl halides is 2. The van der Waals surface area contributed by atoms with Crippen LogP contribution in [-0.4, -0.2) is 154 Å². The minimum absolute atomic E-state index is 0.117. The Kier molecular flexibility index (Phi) is 18.3. The van der Waals surface area contributed by atoms with Crippen molar-refractivity contribution in [3.05, 3.63) is 133 Å². The normalized spacial score (nSPS) is 11.5. The molecule has 2 amide bonds. The standard InChI is InChI=1S/C62H65F3N18O5S/c1-13-52(84)68-42-26-44(50(86-11)28-48(42)80(7)22-20-78(3)4)70-62-67-31-39(59-76-77-60(89-59)56(64)65)55(73-62)41-33-83(10)47-19-18-35(24-37(41)47)25-53-74-75-58(88-53)38-30-66-61(72-54(38)40-32-82(9)46-17-15-14-16-36(40)46)71-45-27-43(69-57(85)34(2)63)49(29-51(45)87-12)81(8)23-21-79(5)6/h13-19,24,26-33,56H,1-2,20-23,25H2,3-12H3,(H,68,84)(H,69,85)(H,66,71,72)(H,67,70,73). The molecule has 0 fully saturated rings. The van der Waals surface area contributed by atoms with Gasteiger partial charge >= 0.3 is 0 Å². The number of fused-ring (bicyclic) bond motifs is 2. The Morgan fingerprint density at radius 3 is 1.81 bits per heavy atom. The number of carbonyl (C=O) groups is 2. The van der Waals surface area contributed by atoms with Gasteiger partial charge in [0.25, 0.3) is 18.2 Å². The fourth-order valence-electron chi connectivity index (χ4n) is 9.98. The fraction of sp³-hybridized carbons (Fsp3) is 0.258. The minimum atomic E-state index is -2.85. The number of hydrogen-bond acceptors (Lipinski definition) is 20. The van der Waals surface area contributed by atoms with Crippen LogP contribution in [0.2, 0.25) is 0 Å². The molecule has 460 valence electrons.